The van der Waals surface area contributed by atoms with Gasteiger partial charge in [-0.1, -0.05) is 48.5 Å². The summed E-state index contributed by atoms with van der Waals surface area (Å²) < 4.78 is 5.55. The molecule has 1 amide bonds. The van der Waals surface area contributed by atoms with Crippen LogP contribution in [0.2, 0.25) is 0 Å². The second-order valence-electron chi connectivity index (χ2n) is 6.12. The van der Waals surface area contributed by atoms with Gasteiger partial charge in [0.2, 0.25) is 0 Å². The molecule has 0 saturated carbocycles. The molecule has 0 unspecified atom stereocenters. The minimum absolute atomic E-state index is 0.00416. The van der Waals surface area contributed by atoms with E-state index in [0.717, 1.165) is 6.42 Å². The van der Waals surface area contributed by atoms with E-state index in [1.54, 1.807) is 4.90 Å². The molecule has 0 bridgehead atoms. The summed E-state index contributed by atoms with van der Waals surface area (Å²) in [5.74, 6) is 0.0835. The van der Waals surface area contributed by atoms with E-state index in [1.165, 1.54) is 22.3 Å². The van der Waals surface area contributed by atoms with Crippen molar-refractivity contribution in [1.82, 2.24) is 4.90 Å². The third-order valence-electron chi connectivity index (χ3n) is 4.93. The van der Waals surface area contributed by atoms with Crippen LogP contribution in [0, 0.1) is 0 Å². The number of fused-ring (bicyclic) bond motifs is 3. The van der Waals surface area contributed by atoms with Gasteiger partial charge >= 0.3 is 6.09 Å². The van der Waals surface area contributed by atoms with Crippen LogP contribution in [-0.4, -0.2) is 41.9 Å². The van der Waals surface area contributed by atoms with Gasteiger partial charge in [-0.25, -0.2) is 4.79 Å². The van der Waals surface area contributed by atoms with Crippen LogP contribution in [0.25, 0.3) is 11.1 Å². The molecule has 1 saturated heterocycles. The van der Waals surface area contributed by atoms with Gasteiger partial charge in [-0.05, 0) is 28.7 Å². The topological polar surface area (TPSA) is 49.8 Å². The number of aliphatic hydroxyl groups is 1. The number of hydrogen-bond donors (Lipinski definition) is 1. The monoisotopic (exact) mass is 309 g/mol. The van der Waals surface area contributed by atoms with Crippen LogP contribution >= 0.6 is 0 Å². The Morgan fingerprint density at radius 3 is 2.22 bits per heavy atom. The molecular weight excluding hydrogens is 290 g/mol. The minimum Gasteiger partial charge on any atom is -0.448 e. The molecule has 4 nitrogen and oxygen atoms in total. The van der Waals surface area contributed by atoms with Gasteiger partial charge in [0.25, 0.3) is 0 Å². The number of amides is 1. The second kappa shape index (κ2) is 5.70. The maximum Gasteiger partial charge on any atom is 0.410 e. The van der Waals surface area contributed by atoms with Crippen molar-refractivity contribution in [3.8, 4) is 11.1 Å². The van der Waals surface area contributed by atoms with E-state index in [2.05, 4.69) is 24.3 Å². The Bertz CT molecular complexity index is 695. The Kier molecular flexibility index (Phi) is 3.54. The molecule has 0 aromatic heterocycles. The summed E-state index contributed by atoms with van der Waals surface area (Å²) in [4.78, 5) is 13.8. The van der Waals surface area contributed by atoms with Gasteiger partial charge in [-0.2, -0.15) is 0 Å². The normalized spacial score (nSPS) is 19.0. The zero-order chi connectivity index (χ0) is 15.8. The molecule has 2 aliphatic rings. The fourth-order valence-corrected chi connectivity index (χ4v) is 3.55. The average Bonchev–Trinajstić information content (AvgIpc) is 2.86. The van der Waals surface area contributed by atoms with E-state index in [-0.39, 0.29) is 24.7 Å². The van der Waals surface area contributed by atoms with Crippen molar-refractivity contribution in [2.45, 2.75) is 18.4 Å². The standard InChI is InChI=1S/C19H19NO3/c21-11-13-9-10-20(13)19(22)23-12-18-16-7-3-1-5-14(16)15-6-2-4-8-17(15)18/h1-8,13,18,21H,9-12H2/t13-/m1/s1. The van der Waals surface area contributed by atoms with Crippen molar-refractivity contribution >= 4 is 6.09 Å². The number of ether oxygens (including phenoxy) is 1. The lowest BCUT2D eigenvalue weighted by Gasteiger charge is -2.38. The van der Waals surface area contributed by atoms with Gasteiger partial charge in [0.05, 0.1) is 12.6 Å². The van der Waals surface area contributed by atoms with Crippen molar-refractivity contribution in [2.75, 3.05) is 19.8 Å². The fraction of sp³-hybridized carbons (Fsp3) is 0.316. The number of nitrogens with zero attached hydrogens (tertiary/aromatic N) is 1. The first-order chi connectivity index (χ1) is 11.3. The largest absolute Gasteiger partial charge is 0.448 e. The highest BCUT2D eigenvalue weighted by atomic mass is 16.6. The average molecular weight is 309 g/mol. The summed E-state index contributed by atoms with van der Waals surface area (Å²) >= 11 is 0. The van der Waals surface area contributed by atoms with Crippen LogP contribution in [0.4, 0.5) is 4.79 Å². The van der Waals surface area contributed by atoms with Crippen LogP contribution in [0.1, 0.15) is 23.5 Å². The minimum atomic E-state index is -0.322. The third kappa shape index (κ3) is 2.30. The Balaban J connectivity index is 1.54. The van der Waals surface area contributed by atoms with Crippen LogP contribution < -0.4 is 0 Å². The number of likely N-dealkylation sites (tertiary alicyclic amines) is 1. The van der Waals surface area contributed by atoms with Gasteiger partial charge < -0.3 is 14.7 Å². The highest BCUT2D eigenvalue weighted by Crippen LogP contribution is 2.44. The first-order valence-electron chi connectivity index (χ1n) is 8.02. The number of aliphatic hydroxyl groups excluding tert-OH is 1. The van der Waals surface area contributed by atoms with Crippen LogP contribution in [-0.2, 0) is 4.74 Å². The van der Waals surface area contributed by atoms with Crippen molar-refractivity contribution < 1.29 is 14.6 Å². The first-order valence-corrected chi connectivity index (χ1v) is 8.02. The van der Waals surface area contributed by atoms with Gasteiger partial charge in [0.15, 0.2) is 0 Å². The number of carbonyl (C=O) groups excluding carboxylic acids is 1. The zero-order valence-electron chi connectivity index (χ0n) is 12.8. The molecule has 1 N–H and O–H groups in total. The smallest absolute Gasteiger partial charge is 0.410 e. The lowest BCUT2D eigenvalue weighted by Crippen LogP contribution is -2.53. The molecule has 0 spiro atoms. The Labute approximate surface area is 135 Å². The number of carbonyl (C=O) groups is 1. The number of benzene rings is 2. The molecule has 1 atom stereocenters. The Morgan fingerprint density at radius 2 is 1.70 bits per heavy atom. The van der Waals surface area contributed by atoms with Gasteiger partial charge in [-0.3, -0.25) is 0 Å². The summed E-state index contributed by atoms with van der Waals surface area (Å²) in [5, 5.41) is 9.20. The van der Waals surface area contributed by atoms with E-state index in [0.29, 0.717) is 13.2 Å². The molecular formula is C19H19NO3. The summed E-state index contributed by atoms with van der Waals surface area (Å²) in [6, 6.07) is 16.5. The lowest BCUT2D eigenvalue weighted by atomic mass is 9.98. The van der Waals surface area contributed by atoms with Crippen LogP contribution in [0.3, 0.4) is 0 Å². The molecule has 1 fully saturated rings. The second-order valence-corrected chi connectivity index (χ2v) is 6.12. The summed E-state index contributed by atoms with van der Waals surface area (Å²) in [6.45, 7) is 1.01. The Morgan fingerprint density at radius 1 is 1.09 bits per heavy atom. The first kappa shape index (κ1) is 14.3. The van der Waals surface area contributed by atoms with E-state index in [1.807, 2.05) is 24.3 Å². The molecule has 23 heavy (non-hydrogen) atoms. The zero-order valence-corrected chi connectivity index (χ0v) is 12.8. The van der Waals surface area contributed by atoms with Crippen molar-refractivity contribution in [2.24, 2.45) is 0 Å². The van der Waals surface area contributed by atoms with E-state index in [4.69, 9.17) is 4.74 Å². The maximum absolute atomic E-state index is 12.2. The number of rotatable bonds is 3. The molecule has 1 aliphatic carbocycles. The van der Waals surface area contributed by atoms with Crippen molar-refractivity contribution in [1.29, 1.82) is 0 Å². The van der Waals surface area contributed by atoms with Gasteiger partial charge in [-0.15, -0.1) is 0 Å². The van der Waals surface area contributed by atoms with Crippen LogP contribution in [0.15, 0.2) is 48.5 Å². The molecule has 118 valence electrons. The highest BCUT2D eigenvalue weighted by molar-refractivity contribution is 5.79. The quantitative estimate of drug-likeness (QED) is 0.948. The lowest BCUT2D eigenvalue weighted by molar-refractivity contribution is 0.0237. The third-order valence-corrected chi connectivity index (χ3v) is 4.93. The predicted molar refractivity (Wildman–Crippen MR) is 87.3 cm³/mol. The molecule has 1 heterocycles. The highest BCUT2D eigenvalue weighted by Gasteiger charge is 2.34. The summed E-state index contributed by atoms with van der Waals surface area (Å²) in [5.41, 5.74) is 4.87. The SMILES string of the molecule is O=C(OCC1c2ccccc2-c2ccccc21)N1CC[C@@H]1CO. The molecule has 4 heteroatoms. The maximum atomic E-state index is 12.2. The molecule has 1 aliphatic heterocycles. The van der Waals surface area contributed by atoms with Crippen LogP contribution in [0.5, 0.6) is 0 Å². The van der Waals surface area contributed by atoms with E-state index >= 15 is 0 Å². The van der Waals surface area contributed by atoms with Gasteiger partial charge in [0.1, 0.15) is 6.61 Å². The predicted octanol–water partition coefficient (Wildman–Crippen LogP) is 3.00. The number of hydrogen-bond acceptors (Lipinski definition) is 3. The van der Waals surface area contributed by atoms with Crippen molar-refractivity contribution in [3.05, 3.63) is 59.7 Å². The van der Waals surface area contributed by atoms with E-state index in [9.17, 15) is 9.90 Å². The Hall–Kier alpha value is -2.33. The molecule has 2 aromatic rings. The summed E-state index contributed by atoms with van der Waals surface area (Å²) in [7, 11) is 0. The molecule has 2 aromatic carbocycles. The van der Waals surface area contributed by atoms with E-state index < -0.39 is 0 Å². The van der Waals surface area contributed by atoms with Gasteiger partial charge in [0, 0.05) is 12.5 Å². The summed E-state index contributed by atoms with van der Waals surface area (Å²) in [6.07, 6.45) is 0.526. The fourth-order valence-electron chi connectivity index (χ4n) is 3.55. The molecule has 4 rings (SSSR count). The molecule has 0 radical (unpaired) electrons. The van der Waals surface area contributed by atoms with Crippen molar-refractivity contribution in [3.63, 3.8) is 0 Å².